The molecule has 108 valence electrons. The normalized spacial score (nSPS) is 28.7. The van der Waals surface area contributed by atoms with E-state index in [0.717, 1.165) is 19.6 Å². The van der Waals surface area contributed by atoms with Gasteiger partial charge in [-0.1, -0.05) is 6.92 Å². The molecule has 0 saturated carbocycles. The predicted molar refractivity (Wildman–Crippen MR) is 74.3 cm³/mol. The fourth-order valence-corrected chi connectivity index (χ4v) is 3.70. The van der Waals surface area contributed by atoms with E-state index in [1.165, 1.54) is 16.7 Å². The van der Waals surface area contributed by atoms with Crippen LogP contribution in [0, 0.1) is 0 Å². The summed E-state index contributed by atoms with van der Waals surface area (Å²) in [6.07, 6.45) is 0. The summed E-state index contributed by atoms with van der Waals surface area (Å²) >= 11 is 1.53. The van der Waals surface area contributed by atoms with Crippen molar-refractivity contribution in [1.29, 1.82) is 0 Å². The Labute approximate surface area is 117 Å². The number of nitrogens with zero attached hydrogens (tertiary/aromatic N) is 3. The monoisotopic (exact) mass is 287 g/mol. The van der Waals surface area contributed by atoms with E-state index in [1.54, 1.807) is 4.90 Å². The first-order valence-electron chi connectivity index (χ1n) is 6.68. The number of rotatable bonds is 2. The van der Waals surface area contributed by atoms with Gasteiger partial charge in [0.2, 0.25) is 0 Å². The lowest BCUT2D eigenvalue weighted by Gasteiger charge is -2.38. The van der Waals surface area contributed by atoms with Crippen molar-refractivity contribution in [2.45, 2.75) is 25.3 Å². The zero-order chi connectivity index (χ0) is 14.0. The minimum Gasteiger partial charge on any atom is -0.480 e. The molecule has 7 heteroatoms. The Kier molecular flexibility index (Phi) is 4.57. The summed E-state index contributed by atoms with van der Waals surface area (Å²) in [6, 6.07) is -0.808. The van der Waals surface area contributed by atoms with E-state index in [4.69, 9.17) is 0 Å². The van der Waals surface area contributed by atoms with Crippen molar-refractivity contribution in [2.75, 3.05) is 38.5 Å². The van der Waals surface area contributed by atoms with Gasteiger partial charge in [-0.25, -0.2) is 9.59 Å². The number of likely N-dealkylation sites (N-methyl/N-ethyl adjacent to an activating group) is 1. The fraction of sp³-hybridized carbons (Fsp3) is 0.833. The molecule has 2 fully saturated rings. The van der Waals surface area contributed by atoms with Gasteiger partial charge in [-0.3, -0.25) is 4.90 Å². The molecule has 0 radical (unpaired) electrons. The number of carbonyl (C=O) groups is 2. The van der Waals surface area contributed by atoms with Gasteiger partial charge in [-0.05, 0) is 13.5 Å². The van der Waals surface area contributed by atoms with E-state index < -0.39 is 12.0 Å². The summed E-state index contributed by atoms with van der Waals surface area (Å²) in [4.78, 5) is 29.3. The molecule has 6 nitrogen and oxygen atoms in total. The number of hydrogen-bond acceptors (Lipinski definition) is 4. The van der Waals surface area contributed by atoms with E-state index >= 15 is 0 Å². The number of carbonyl (C=O) groups excluding carboxylic acids is 1. The molecule has 2 heterocycles. The number of piperazine rings is 1. The molecule has 1 N–H and O–H groups in total. The van der Waals surface area contributed by atoms with E-state index in [0.29, 0.717) is 18.8 Å². The highest BCUT2D eigenvalue weighted by atomic mass is 32.2. The van der Waals surface area contributed by atoms with Gasteiger partial charge in [0, 0.05) is 31.9 Å². The lowest BCUT2D eigenvalue weighted by atomic mass is 10.2. The van der Waals surface area contributed by atoms with Gasteiger partial charge in [-0.15, -0.1) is 11.8 Å². The van der Waals surface area contributed by atoms with Crippen molar-refractivity contribution in [3.8, 4) is 0 Å². The zero-order valence-corrected chi connectivity index (χ0v) is 12.2. The molecule has 19 heavy (non-hydrogen) atoms. The summed E-state index contributed by atoms with van der Waals surface area (Å²) in [7, 11) is 0. The third-order valence-corrected chi connectivity index (χ3v) is 5.04. The number of carboxylic acid groups (broad SMARTS) is 1. The first-order valence-corrected chi connectivity index (χ1v) is 7.73. The van der Waals surface area contributed by atoms with Crippen LogP contribution < -0.4 is 0 Å². The van der Waals surface area contributed by atoms with Gasteiger partial charge in [0.25, 0.3) is 0 Å². The van der Waals surface area contributed by atoms with Crippen LogP contribution in [-0.2, 0) is 4.79 Å². The van der Waals surface area contributed by atoms with Crippen molar-refractivity contribution in [2.24, 2.45) is 0 Å². The predicted octanol–water partition coefficient (Wildman–Crippen LogP) is 0.592. The maximum absolute atomic E-state index is 12.5. The maximum atomic E-state index is 12.5. The van der Waals surface area contributed by atoms with Gasteiger partial charge < -0.3 is 14.9 Å². The molecule has 2 saturated heterocycles. The number of carboxylic acids is 1. The second-order valence-corrected chi connectivity index (χ2v) is 6.25. The fourth-order valence-electron chi connectivity index (χ4n) is 2.54. The molecule has 0 aromatic carbocycles. The van der Waals surface area contributed by atoms with Crippen LogP contribution in [-0.4, -0.2) is 81.7 Å². The molecule has 0 aromatic rings. The minimum atomic E-state index is -0.905. The Morgan fingerprint density at radius 3 is 2.42 bits per heavy atom. The molecule has 0 spiro atoms. The summed E-state index contributed by atoms with van der Waals surface area (Å²) in [5.41, 5.74) is 0. The minimum absolute atomic E-state index is 0.0576. The molecular formula is C12H21N3O3S. The lowest BCUT2D eigenvalue weighted by Crippen LogP contribution is -2.56. The second kappa shape index (κ2) is 6.00. The molecule has 0 aromatic heterocycles. The third-order valence-electron chi connectivity index (χ3n) is 3.82. The largest absolute Gasteiger partial charge is 0.480 e. The highest BCUT2D eigenvalue weighted by Gasteiger charge is 2.41. The molecule has 2 amide bonds. The number of hydrogen-bond donors (Lipinski definition) is 1. The molecule has 2 aliphatic heterocycles. The Morgan fingerprint density at radius 1 is 1.26 bits per heavy atom. The van der Waals surface area contributed by atoms with E-state index in [1.807, 2.05) is 6.92 Å². The first-order chi connectivity index (χ1) is 9.04. The van der Waals surface area contributed by atoms with Crippen LogP contribution in [0.5, 0.6) is 0 Å². The highest BCUT2D eigenvalue weighted by Crippen LogP contribution is 2.30. The maximum Gasteiger partial charge on any atom is 0.327 e. The Morgan fingerprint density at radius 2 is 1.89 bits per heavy atom. The van der Waals surface area contributed by atoms with Gasteiger partial charge in [0.15, 0.2) is 0 Å². The summed E-state index contributed by atoms with van der Waals surface area (Å²) in [5, 5.41) is 9.14. The average Bonchev–Trinajstić information content (AvgIpc) is 2.80. The van der Waals surface area contributed by atoms with Crippen LogP contribution in [0.3, 0.4) is 0 Å². The Hall–Kier alpha value is -0.950. The Bertz CT molecular complexity index is 358. The van der Waals surface area contributed by atoms with Crippen molar-refractivity contribution >= 4 is 23.8 Å². The average molecular weight is 287 g/mol. The SMILES string of the molecule is CCN1CCN(C(=O)N2C(C)SCC2C(=O)O)CC1. The smallest absolute Gasteiger partial charge is 0.327 e. The summed E-state index contributed by atoms with van der Waals surface area (Å²) < 4.78 is 0. The molecule has 2 rings (SSSR count). The van der Waals surface area contributed by atoms with E-state index in [9.17, 15) is 14.7 Å². The molecule has 0 bridgehead atoms. The second-order valence-electron chi connectivity index (χ2n) is 4.90. The van der Waals surface area contributed by atoms with Crippen LogP contribution in [0.25, 0.3) is 0 Å². The third kappa shape index (κ3) is 2.97. The summed E-state index contributed by atoms with van der Waals surface area (Å²) in [5.74, 6) is -0.422. The van der Waals surface area contributed by atoms with Crippen molar-refractivity contribution < 1.29 is 14.7 Å². The van der Waals surface area contributed by atoms with Crippen molar-refractivity contribution in [3.63, 3.8) is 0 Å². The van der Waals surface area contributed by atoms with Crippen molar-refractivity contribution in [1.82, 2.24) is 14.7 Å². The van der Waals surface area contributed by atoms with Gasteiger partial charge in [0.05, 0.1) is 5.37 Å². The van der Waals surface area contributed by atoms with E-state index in [2.05, 4.69) is 11.8 Å². The number of urea groups is 1. The first kappa shape index (κ1) is 14.5. The van der Waals surface area contributed by atoms with Gasteiger partial charge in [0.1, 0.15) is 6.04 Å². The topological polar surface area (TPSA) is 64.1 Å². The number of amides is 2. The molecule has 2 aliphatic rings. The molecule has 2 unspecified atom stereocenters. The Balaban J connectivity index is 2.00. The molecular weight excluding hydrogens is 266 g/mol. The van der Waals surface area contributed by atoms with Crippen LogP contribution in [0.1, 0.15) is 13.8 Å². The zero-order valence-electron chi connectivity index (χ0n) is 11.4. The highest BCUT2D eigenvalue weighted by molar-refractivity contribution is 8.00. The van der Waals surface area contributed by atoms with Crippen LogP contribution in [0.15, 0.2) is 0 Å². The van der Waals surface area contributed by atoms with Crippen molar-refractivity contribution in [3.05, 3.63) is 0 Å². The van der Waals surface area contributed by atoms with Gasteiger partial charge >= 0.3 is 12.0 Å². The standard InChI is InChI=1S/C12H21N3O3S/c1-3-13-4-6-14(7-5-13)12(18)15-9(2)19-8-10(15)11(16)17/h9-10H,3-8H2,1-2H3,(H,16,17). The van der Waals surface area contributed by atoms with Gasteiger partial charge in [-0.2, -0.15) is 0 Å². The molecule has 2 atom stereocenters. The summed E-state index contributed by atoms with van der Waals surface area (Å²) in [6.45, 7) is 8.12. The quantitative estimate of drug-likeness (QED) is 0.805. The van der Waals surface area contributed by atoms with Crippen LogP contribution >= 0.6 is 11.8 Å². The number of thioether (sulfide) groups is 1. The molecule has 0 aliphatic carbocycles. The number of aliphatic carboxylic acids is 1. The lowest BCUT2D eigenvalue weighted by molar-refractivity contribution is -0.141. The van der Waals surface area contributed by atoms with E-state index in [-0.39, 0.29) is 11.4 Å². The van der Waals surface area contributed by atoms with Crippen LogP contribution in [0.2, 0.25) is 0 Å². The van der Waals surface area contributed by atoms with Crippen LogP contribution in [0.4, 0.5) is 4.79 Å².